The summed E-state index contributed by atoms with van der Waals surface area (Å²) in [5.41, 5.74) is 4.12. The van der Waals surface area contributed by atoms with Crippen molar-refractivity contribution in [2.75, 3.05) is 0 Å². The molecule has 0 amide bonds. The maximum Gasteiger partial charge on any atom is 0.151 e. The van der Waals surface area contributed by atoms with Gasteiger partial charge in [0.05, 0.1) is 11.9 Å². The smallest absolute Gasteiger partial charge is 0.151 e. The molecule has 1 atom stereocenters. The molecular formula is C22H21F2N5. The lowest BCUT2D eigenvalue weighted by Gasteiger charge is -2.15. The maximum atomic E-state index is 14.1. The van der Waals surface area contributed by atoms with Crippen molar-refractivity contribution in [3.63, 3.8) is 0 Å². The zero-order chi connectivity index (χ0) is 20.4. The Hall–Kier alpha value is -3.32. The van der Waals surface area contributed by atoms with Crippen LogP contribution in [0.1, 0.15) is 29.8 Å². The second-order valence-electron chi connectivity index (χ2n) is 6.92. The van der Waals surface area contributed by atoms with E-state index in [0.29, 0.717) is 6.54 Å². The van der Waals surface area contributed by atoms with E-state index in [1.54, 1.807) is 12.4 Å². The number of benzene rings is 2. The van der Waals surface area contributed by atoms with Gasteiger partial charge in [0.2, 0.25) is 0 Å². The summed E-state index contributed by atoms with van der Waals surface area (Å²) in [4.78, 5) is 0. The molecule has 4 rings (SSSR count). The molecule has 0 aliphatic carbocycles. The molecule has 0 spiro atoms. The molecule has 148 valence electrons. The Kier molecular flexibility index (Phi) is 5.22. The topological polar surface area (TPSA) is 47.7 Å². The fraction of sp³-hybridized carbons (Fsp3) is 0.182. The Morgan fingerprint density at radius 3 is 2.69 bits per heavy atom. The lowest BCUT2D eigenvalue weighted by Crippen LogP contribution is -2.19. The summed E-state index contributed by atoms with van der Waals surface area (Å²) in [6.07, 6.45) is 5.37. The highest BCUT2D eigenvalue weighted by molar-refractivity contribution is 5.38. The van der Waals surface area contributed by atoms with Gasteiger partial charge in [0.15, 0.2) is 5.82 Å². The Morgan fingerprint density at radius 2 is 1.93 bits per heavy atom. The second-order valence-corrected chi connectivity index (χ2v) is 6.92. The number of halogens is 2. The summed E-state index contributed by atoms with van der Waals surface area (Å²) < 4.78 is 30.6. The number of nitrogens with zero attached hydrogens (tertiary/aromatic N) is 4. The first-order valence-corrected chi connectivity index (χ1v) is 9.35. The molecule has 4 aromatic rings. The quantitative estimate of drug-likeness (QED) is 0.525. The van der Waals surface area contributed by atoms with Gasteiger partial charge < -0.3 is 5.32 Å². The zero-order valence-electron chi connectivity index (χ0n) is 16.2. The van der Waals surface area contributed by atoms with Crippen LogP contribution in [0.4, 0.5) is 8.78 Å². The molecule has 0 unspecified atom stereocenters. The fourth-order valence-electron chi connectivity index (χ4n) is 3.35. The molecule has 5 nitrogen and oxygen atoms in total. The predicted octanol–water partition coefficient (Wildman–Crippen LogP) is 4.50. The third kappa shape index (κ3) is 3.95. The summed E-state index contributed by atoms with van der Waals surface area (Å²) in [7, 11) is 0. The molecule has 0 fully saturated rings. The molecule has 2 aromatic carbocycles. The highest BCUT2D eigenvalue weighted by atomic mass is 19.1. The summed E-state index contributed by atoms with van der Waals surface area (Å²) in [5, 5.41) is 12.0. The van der Waals surface area contributed by atoms with E-state index in [1.165, 1.54) is 16.8 Å². The van der Waals surface area contributed by atoms with Gasteiger partial charge in [0.25, 0.3) is 0 Å². The van der Waals surface area contributed by atoms with Crippen molar-refractivity contribution >= 4 is 0 Å². The maximum absolute atomic E-state index is 14.1. The Balaban J connectivity index is 1.49. The lowest BCUT2D eigenvalue weighted by atomic mass is 10.1. The summed E-state index contributed by atoms with van der Waals surface area (Å²) in [6.45, 7) is 4.57. The third-order valence-corrected chi connectivity index (χ3v) is 4.94. The SMILES string of the molecule is Cc1c([C@H](C)NCc2cccc(-n3cccn3)c2)cnn1-c1ccc(F)cc1F. The van der Waals surface area contributed by atoms with Crippen molar-refractivity contribution in [3.05, 3.63) is 95.6 Å². The first kappa shape index (κ1) is 19.0. The van der Waals surface area contributed by atoms with Crippen LogP contribution in [0.15, 0.2) is 67.1 Å². The molecule has 1 N–H and O–H groups in total. The number of hydrogen-bond donors (Lipinski definition) is 1. The average Bonchev–Trinajstić information content (AvgIpc) is 3.37. The molecule has 0 radical (unpaired) electrons. The van der Waals surface area contributed by atoms with E-state index < -0.39 is 11.6 Å². The van der Waals surface area contributed by atoms with Gasteiger partial charge in [-0.05, 0) is 49.7 Å². The van der Waals surface area contributed by atoms with Crippen molar-refractivity contribution < 1.29 is 8.78 Å². The monoisotopic (exact) mass is 393 g/mol. The number of rotatable bonds is 6. The molecule has 0 aliphatic rings. The standard InChI is InChI=1S/C22H21F2N5/c1-15(25-13-17-5-3-6-19(11-17)28-10-4-9-26-28)20-14-27-29(16(20)2)22-8-7-18(23)12-21(22)24/h3-12,14-15,25H,13H2,1-2H3/t15-/m0/s1. The first-order valence-electron chi connectivity index (χ1n) is 9.35. The number of nitrogens with one attached hydrogen (secondary N) is 1. The van der Waals surface area contributed by atoms with Crippen LogP contribution in [0.5, 0.6) is 0 Å². The molecule has 0 saturated heterocycles. The molecule has 7 heteroatoms. The van der Waals surface area contributed by atoms with Gasteiger partial charge in [0, 0.05) is 42.3 Å². The Morgan fingerprint density at radius 1 is 1.07 bits per heavy atom. The van der Waals surface area contributed by atoms with E-state index in [2.05, 4.69) is 27.6 Å². The average molecular weight is 393 g/mol. The van der Waals surface area contributed by atoms with Gasteiger partial charge in [-0.2, -0.15) is 10.2 Å². The highest BCUT2D eigenvalue weighted by Crippen LogP contribution is 2.22. The van der Waals surface area contributed by atoms with E-state index in [4.69, 9.17) is 0 Å². The minimum atomic E-state index is -0.640. The second kappa shape index (κ2) is 7.97. The predicted molar refractivity (Wildman–Crippen MR) is 107 cm³/mol. The zero-order valence-corrected chi connectivity index (χ0v) is 16.2. The highest BCUT2D eigenvalue weighted by Gasteiger charge is 2.16. The van der Waals surface area contributed by atoms with Crippen LogP contribution < -0.4 is 5.32 Å². The van der Waals surface area contributed by atoms with Crippen LogP contribution in [-0.4, -0.2) is 19.6 Å². The molecule has 29 heavy (non-hydrogen) atoms. The summed E-state index contributed by atoms with van der Waals surface area (Å²) >= 11 is 0. The fourth-order valence-corrected chi connectivity index (χ4v) is 3.35. The van der Waals surface area contributed by atoms with Crippen LogP contribution in [0.25, 0.3) is 11.4 Å². The molecular weight excluding hydrogens is 372 g/mol. The van der Waals surface area contributed by atoms with Gasteiger partial charge >= 0.3 is 0 Å². The van der Waals surface area contributed by atoms with Crippen molar-refractivity contribution in [3.8, 4) is 11.4 Å². The van der Waals surface area contributed by atoms with Crippen LogP contribution >= 0.6 is 0 Å². The van der Waals surface area contributed by atoms with Crippen LogP contribution in [0.3, 0.4) is 0 Å². The van der Waals surface area contributed by atoms with E-state index in [9.17, 15) is 8.78 Å². The molecule has 0 bridgehead atoms. The van der Waals surface area contributed by atoms with E-state index in [1.807, 2.05) is 42.9 Å². The van der Waals surface area contributed by atoms with Gasteiger partial charge in [0.1, 0.15) is 11.5 Å². The summed E-state index contributed by atoms with van der Waals surface area (Å²) in [6, 6.07) is 13.5. The number of hydrogen-bond acceptors (Lipinski definition) is 3. The first-order chi connectivity index (χ1) is 14.0. The number of aromatic nitrogens is 4. The van der Waals surface area contributed by atoms with Gasteiger partial charge in [-0.3, -0.25) is 0 Å². The van der Waals surface area contributed by atoms with Crippen molar-refractivity contribution in [2.45, 2.75) is 26.4 Å². The Bertz CT molecular complexity index is 1120. The summed E-state index contributed by atoms with van der Waals surface area (Å²) in [5.74, 6) is -1.25. The minimum absolute atomic E-state index is 0.000573. The van der Waals surface area contributed by atoms with Crippen molar-refractivity contribution in [2.24, 2.45) is 0 Å². The lowest BCUT2D eigenvalue weighted by molar-refractivity contribution is 0.566. The molecule has 0 aliphatic heterocycles. The van der Waals surface area contributed by atoms with Gasteiger partial charge in [-0.15, -0.1) is 0 Å². The van der Waals surface area contributed by atoms with Crippen LogP contribution in [0, 0.1) is 18.6 Å². The van der Waals surface area contributed by atoms with Crippen LogP contribution in [-0.2, 0) is 6.54 Å². The van der Waals surface area contributed by atoms with Crippen LogP contribution in [0.2, 0.25) is 0 Å². The van der Waals surface area contributed by atoms with Crippen molar-refractivity contribution in [1.82, 2.24) is 24.9 Å². The molecule has 0 saturated carbocycles. The van der Waals surface area contributed by atoms with Crippen molar-refractivity contribution in [1.29, 1.82) is 0 Å². The van der Waals surface area contributed by atoms with E-state index in [0.717, 1.165) is 28.6 Å². The van der Waals surface area contributed by atoms with Gasteiger partial charge in [-0.25, -0.2) is 18.1 Å². The normalized spacial score (nSPS) is 12.3. The Labute approximate surface area is 167 Å². The largest absolute Gasteiger partial charge is 0.306 e. The van der Waals surface area contributed by atoms with E-state index in [-0.39, 0.29) is 11.7 Å². The van der Waals surface area contributed by atoms with Gasteiger partial charge in [-0.1, -0.05) is 12.1 Å². The third-order valence-electron chi connectivity index (χ3n) is 4.94. The minimum Gasteiger partial charge on any atom is -0.306 e. The molecule has 2 heterocycles. The molecule has 2 aromatic heterocycles. The van der Waals surface area contributed by atoms with E-state index >= 15 is 0 Å².